The average Bonchev–Trinajstić information content (AvgIpc) is 3.63. The molecule has 12 heteroatoms. The summed E-state index contributed by atoms with van der Waals surface area (Å²) in [7, 11) is 1.57. The number of nitrogens with one attached hydrogen (secondary N) is 1. The molecule has 2 aliphatic heterocycles. The van der Waals surface area contributed by atoms with Crippen LogP contribution in [-0.4, -0.2) is 53.4 Å². The molecular weight excluding hydrogens is 629 g/mol. The minimum Gasteiger partial charge on any atom is -0.497 e. The molecule has 234 valence electrons. The van der Waals surface area contributed by atoms with Crippen molar-refractivity contribution < 1.29 is 37.8 Å². The lowest BCUT2D eigenvalue weighted by Gasteiger charge is -2.49. The highest BCUT2D eigenvalue weighted by Crippen LogP contribution is 2.45. The second-order valence-corrected chi connectivity index (χ2v) is 12.5. The smallest absolute Gasteiger partial charge is 0.356 e. The van der Waals surface area contributed by atoms with Gasteiger partial charge in [0.25, 0.3) is 12.4 Å². The van der Waals surface area contributed by atoms with Crippen LogP contribution >= 0.6 is 23.5 Å². The summed E-state index contributed by atoms with van der Waals surface area (Å²) in [5.41, 5.74) is 2.35. The fourth-order valence-corrected chi connectivity index (χ4v) is 7.55. The Kier molecular flexibility index (Phi) is 9.46. The molecule has 0 radical (unpaired) electrons. The molecule has 2 aliphatic rings. The largest absolute Gasteiger partial charge is 0.497 e. The predicted octanol–water partition coefficient (Wildman–Crippen LogP) is 5.18. The molecule has 2 amide bonds. The molecule has 4 aromatic rings. The highest BCUT2D eigenvalue weighted by atomic mass is 32.2. The van der Waals surface area contributed by atoms with Crippen LogP contribution in [0, 0.1) is 0 Å². The summed E-state index contributed by atoms with van der Waals surface area (Å²) < 4.78 is 21.4. The zero-order valence-electron chi connectivity index (χ0n) is 24.5. The number of thioether (sulfide) groups is 2. The third-order valence-electron chi connectivity index (χ3n) is 7.37. The molecule has 2 atom stereocenters. The van der Waals surface area contributed by atoms with Gasteiger partial charge in [0.1, 0.15) is 41.0 Å². The van der Waals surface area contributed by atoms with Crippen LogP contribution in [0.1, 0.15) is 11.1 Å². The lowest BCUT2D eigenvalue weighted by atomic mass is 10.0. The summed E-state index contributed by atoms with van der Waals surface area (Å²) in [5, 5.41) is 2.30. The molecule has 1 aromatic heterocycles. The first-order valence-corrected chi connectivity index (χ1v) is 16.1. The number of amides is 2. The van der Waals surface area contributed by atoms with Crippen LogP contribution in [0.3, 0.4) is 0 Å². The van der Waals surface area contributed by atoms with E-state index in [-0.39, 0.29) is 24.5 Å². The molecule has 6 rings (SSSR count). The van der Waals surface area contributed by atoms with Crippen molar-refractivity contribution in [1.82, 2.24) is 10.2 Å². The van der Waals surface area contributed by atoms with Gasteiger partial charge in [0.15, 0.2) is 0 Å². The first-order valence-electron chi connectivity index (χ1n) is 14.2. The number of ether oxygens (including phenoxy) is 3. The quantitative estimate of drug-likeness (QED) is 0.124. The van der Waals surface area contributed by atoms with Crippen LogP contribution < -0.4 is 14.8 Å². The Hall–Kier alpha value is -4.94. The highest BCUT2D eigenvalue weighted by Gasteiger charge is 2.54. The number of rotatable bonds is 12. The third-order valence-corrected chi connectivity index (χ3v) is 9.93. The van der Waals surface area contributed by atoms with E-state index < -0.39 is 29.2 Å². The number of carbonyl (C=O) groups is 4. The van der Waals surface area contributed by atoms with Crippen LogP contribution in [-0.2, 0) is 36.9 Å². The van der Waals surface area contributed by atoms with Crippen LogP contribution in [0.25, 0.3) is 11.3 Å². The first kappa shape index (κ1) is 31.1. The molecule has 1 fully saturated rings. The number of β-lactam (4-membered cyclic amide) rings is 1. The summed E-state index contributed by atoms with van der Waals surface area (Å²) in [5.74, 6) is 0.665. The lowest BCUT2D eigenvalue weighted by molar-refractivity contribution is -0.153. The van der Waals surface area contributed by atoms with E-state index in [1.807, 2.05) is 36.4 Å². The second kappa shape index (κ2) is 14.0. The van der Waals surface area contributed by atoms with Gasteiger partial charge in [-0.1, -0.05) is 54.2 Å². The van der Waals surface area contributed by atoms with Gasteiger partial charge >= 0.3 is 5.97 Å². The van der Waals surface area contributed by atoms with Crippen molar-refractivity contribution in [3.05, 3.63) is 113 Å². The molecule has 3 heterocycles. The summed E-state index contributed by atoms with van der Waals surface area (Å²) in [4.78, 5) is 54.0. The molecule has 46 heavy (non-hydrogen) atoms. The number of hydrogen-bond acceptors (Lipinski definition) is 10. The predicted molar refractivity (Wildman–Crippen MR) is 172 cm³/mol. The van der Waals surface area contributed by atoms with Crippen LogP contribution in [0.15, 0.2) is 111 Å². The van der Waals surface area contributed by atoms with Crippen molar-refractivity contribution in [2.75, 3.05) is 12.9 Å². The maximum absolute atomic E-state index is 13.6. The fraction of sp³-hybridized carbons (Fsp3) is 0.176. The maximum Gasteiger partial charge on any atom is 0.356 e. The minimum absolute atomic E-state index is 0.00436. The molecule has 0 saturated carbocycles. The lowest BCUT2D eigenvalue weighted by Crippen LogP contribution is -2.70. The Morgan fingerprint density at radius 3 is 2.54 bits per heavy atom. The van der Waals surface area contributed by atoms with Gasteiger partial charge in [-0.2, -0.15) is 0 Å². The van der Waals surface area contributed by atoms with Crippen molar-refractivity contribution in [3.63, 3.8) is 0 Å². The van der Waals surface area contributed by atoms with E-state index in [0.717, 1.165) is 21.8 Å². The van der Waals surface area contributed by atoms with Crippen molar-refractivity contribution in [2.24, 2.45) is 0 Å². The van der Waals surface area contributed by atoms with Gasteiger partial charge in [-0.15, -0.1) is 11.8 Å². The van der Waals surface area contributed by atoms with Gasteiger partial charge in [-0.05, 0) is 48.0 Å². The molecule has 0 unspecified atom stereocenters. The topological polar surface area (TPSA) is 124 Å². The van der Waals surface area contributed by atoms with Crippen molar-refractivity contribution in [2.45, 2.75) is 29.3 Å². The zero-order chi connectivity index (χ0) is 32.0. The molecular formula is C34H28N2O8S2. The number of fused-ring (bicyclic) bond motifs is 1. The maximum atomic E-state index is 13.6. The normalized spacial score (nSPS) is 17.1. The van der Waals surface area contributed by atoms with Crippen molar-refractivity contribution in [3.8, 4) is 22.8 Å². The number of para-hydroxylation sites is 1. The van der Waals surface area contributed by atoms with Crippen LogP contribution in [0.2, 0.25) is 0 Å². The summed E-state index contributed by atoms with van der Waals surface area (Å²) >= 11 is 2.84. The Labute approximate surface area is 273 Å². The van der Waals surface area contributed by atoms with Gasteiger partial charge in [-0.3, -0.25) is 19.3 Å². The van der Waals surface area contributed by atoms with E-state index >= 15 is 0 Å². The Bertz CT molecular complexity index is 1770. The number of carbonyl (C=O) groups excluding carboxylic acids is 4. The number of furan rings is 1. The first-order chi connectivity index (χ1) is 22.4. The van der Waals surface area contributed by atoms with Gasteiger partial charge in [0, 0.05) is 26.7 Å². The molecule has 1 N–H and O–H groups in total. The summed E-state index contributed by atoms with van der Waals surface area (Å²) in [6.07, 6.45) is 1.52. The third kappa shape index (κ3) is 6.68. The van der Waals surface area contributed by atoms with Crippen LogP contribution in [0.4, 0.5) is 0 Å². The van der Waals surface area contributed by atoms with Gasteiger partial charge in [-0.25, -0.2) is 4.79 Å². The van der Waals surface area contributed by atoms with Gasteiger partial charge < -0.3 is 23.9 Å². The van der Waals surface area contributed by atoms with Crippen molar-refractivity contribution >= 4 is 47.8 Å². The van der Waals surface area contributed by atoms with E-state index in [2.05, 4.69) is 5.32 Å². The number of nitrogens with zero attached hydrogens (tertiary/aromatic N) is 1. The van der Waals surface area contributed by atoms with Crippen molar-refractivity contribution in [1.29, 1.82) is 0 Å². The van der Waals surface area contributed by atoms with E-state index in [1.165, 1.54) is 28.4 Å². The molecule has 3 aromatic carbocycles. The fourth-order valence-electron chi connectivity index (χ4n) is 5.08. The van der Waals surface area contributed by atoms with E-state index in [9.17, 15) is 19.2 Å². The standard InChI is InChI=1S/C34H28N2O8S2/c1-41-24-12-8-21(9-13-24)18-43-34(40)31-28(46-25-14-10-22(11-15-25)26-7-4-16-42-26)19-45-33-30(32(39)36(31)33)35-29(38)17-23-5-2-3-6-27(23)44-20-37/h2-16,20,30,33H,17-19H2,1H3,(H,35,38)/t30-,33+/m1/s1. The minimum atomic E-state index is -0.833. The van der Waals surface area contributed by atoms with Gasteiger partial charge in [0.2, 0.25) is 5.91 Å². The van der Waals surface area contributed by atoms with E-state index in [4.69, 9.17) is 18.6 Å². The molecule has 0 aliphatic carbocycles. The molecule has 0 spiro atoms. The van der Waals surface area contributed by atoms with E-state index in [1.54, 1.807) is 61.9 Å². The molecule has 10 nitrogen and oxygen atoms in total. The van der Waals surface area contributed by atoms with E-state index in [0.29, 0.717) is 28.4 Å². The summed E-state index contributed by atoms with van der Waals surface area (Å²) in [6.45, 7) is 0.303. The van der Waals surface area contributed by atoms with Crippen LogP contribution in [0.5, 0.6) is 11.5 Å². The monoisotopic (exact) mass is 656 g/mol. The second-order valence-electron chi connectivity index (χ2n) is 10.3. The Morgan fingerprint density at radius 1 is 1.04 bits per heavy atom. The number of esters is 1. The average molecular weight is 657 g/mol. The Morgan fingerprint density at radius 2 is 1.83 bits per heavy atom. The highest BCUT2D eigenvalue weighted by molar-refractivity contribution is 8.06. The number of methoxy groups -OCH3 is 1. The number of hydrogen-bond donors (Lipinski definition) is 1. The summed E-state index contributed by atoms with van der Waals surface area (Å²) in [6, 6.07) is 24.4. The zero-order valence-corrected chi connectivity index (χ0v) is 26.2. The number of benzene rings is 3. The van der Waals surface area contributed by atoms with Gasteiger partial charge in [0.05, 0.1) is 19.8 Å². The Balaban J connectivity index is 1.20. The molecule has 1 saturated heterocycles. The SMILES string of the molecule is COc1ccc(COC(=O)C2=C(Sc3ccc(-c4ccco4)cc3)CS[C@H]3[C@H](NC(=O)Cc4ccccc4OC=O)C(=O)N23)cc1. The molecule has 0 bridgehead atoms.